The van der Waals surface area contributed by atoms with Gasteiger partial charge in [0.25, 0.3) is 0 Å². The Labute approximate surface area is 125 Å². The second-order valence-electron chi connectivity index (χ2n) is 6.07. The minimum atomic E-state index is -0.357. The lowest BCUT2D eigenvalue weighted by Crippen LogP contribution is -2.51. The molecule has 1 aliphatic heterocycles. The molecule has 1 aromatic rings. The Morgan fingerprint density at radius 3 is 2.71 bits per heavy atom. The van der Waals surface area contributed by atoms with E-state index in [9.17, 15) is 9.59 Å². The van der Waals surface area contributed by atoms with Crippen LogP contribution in [-0.2, 0) is 16.0 Å². The fourth-order valence-electron chi connectivity index (χ4n) is 3.31. The van der Waals surface area contributed by atoms with Gasteiger partial charge in [0.2, 0.25) is 11.8 Å². The highest BCUT2D eigenvalue weighted by Crippen LogP contribution is 2.41. The number of benzene rings is 1. The smallest absolute Gasteiger partial charge is 0.230 e. The largest absolute Gasteiger partial charge is 0.496 e. The van der Waals surface area contributed by atoms with Crippen molar-refractivity contribution in [2.45, 2.75) is 39.5 Å². The standard InChI is InChI=1S/C17H23NO3/c1-4-7-13-16(20)18-15(19)11-17(13,2)10-12-8-5-6-9-14(12)21-3/h5-6,8-9,13H,4,7,10-11H2,1-3H3,(H,18,19,20). The first kappa shape index (κ1) is 15.5. The quantitative estimate of drug-likeness (QED) is 0.848. The number of hydrogen-bond acceptors (Lipinski definition) is 3. The number of ether oxygens (including phenoxy) is 1. The average molecular weight is 289 g/mol. The van der Waals surface area contributed by atoms with Gasteiger partial charge >= 0.3 is 0 Å². The maximum atomic E-state index is 12.2. The zero-order chi connectivity index (χ0) is 15.5. The minimum absolute atomic E-state index is 0.134. The van der Waals surface area contributed by atoms with Crippen molar-refractivity contribution in [1.29, 1.82) is 0 Å². The number of amides is 2. The molecule has 4 nitrogen and oxygen atoms in total. The summed E-state index contributed by atoms with van der Waals surface area (Å²) >= 11 is 0. The SMILES string of the molecule is CCCC1C(=O)NC(=O)CC1(C)Cc1ccccc1OC. The van der Waals surface area contributed by atoms with Gasteiger partial charge in [0, 0.05) is 12.3 Å². The molecule has 2 atom stereocenters. The Balaban J connectivity index is 2.32. The van der Waals surface area contributed by atoms with E-state index in [1.165, 1.54) is 0 Å². The number of piperidine rings is 1. The molecule has 2 amide bonds. The van der Waals surface area contributed by atoms with Gasteiger partial charge in [0.05, 0.1) is 7.11 Å². The molecule has 4 heteroatoms. The van der Waals surface area contributed by atoms with E-state index in [0.29, 0.717) is 12.8 Å². The third-order valence-corrected chi connectivity index (χ3v) is 4.35. The maximum Gasteiger partial charge on any atom is 0.230 e. The van der Waals surface area contributed by atoms with E-state index in [1.54, 1.807) is 7.11 Å². The van der Waals surface area contributed by atoms with E-state index in [1.807, 2.05) is 31.2 Å². The summed E-state index contributed by atoms with van der Waals surface area (Å²) < 4.78 is 5.40. The molecule has 2 rings (SSSR count). The number of imide groups is 1. The summed E-state index contributed by atoms with van der Waals surface area (Å²) in [5.41, 5.74) is 0.690. The molecule has 2 unspecified atom stereocenters. The van der Waals surface area contributed by atoms with Crippen molar-refractivity contribution in [2.75, 3.05) is 7.11 Å². The van der Waals surface area contributed by atoms with Crippen molar-refractivity contribution in [1.82, 2.24) is 5.32 Å². The highest BCUT2D eigenvalue weighted by atomic mass is 16.5. The molecular weight excluding hydrogens is 266 g/mol. The molecule has 0 aliphatic carbocycles. The van der Waals surface area contributed by atoms with Gasteiger partial charge in [-0.2, -0.15) is 0 Å². The molecule has 1 aliphatic rings. The Morgan fingerprint density at radius 1 is 1.33 bits per heavy atom. The summed E-state index contributed by atoms with van der Waals surface area (Å²) in [4.78, 5) is 24.0. The molecule has 1 fully saturated rings. The summed E-state index contributed by atoms with van der Waals surface area (Å²) in [5, 5.41) is 2.47. The lowest BCUT2D eigenvalue weighted by atomic mass is 9.66. The predicted molar refractivity (Wildman–Crippen MR) is 81.0 cm³/mol. The number of carbonyl (C=O) groups excluding carboxylic acids is 2. The fraction of sp³-hybridized carbons (Fsp3) is 0.529. The van der Waals surface area contributed by atoms with Crippen LogP contribution in [-0.4, -0.2) is 18.9 Å². The van der Waals surface area contributed by atoms with E-state index < -0.39 is 0 Å². The van der Waals surface area contributed by atoms with Gasteiger partial charge < -0.3 is 4.74 Å². The monoisotopic (exact) mass is 289 g/mol. The van der Waals surface area contributed by atoms with E-state index >= 15 is 0 Å². The van der Waals surface area contributed by atoms with E-state index in [4.69, 9.17) is 4.74 Å². The molecule has 114 valence electrons. The van der Waals surface area contributed by atoms with Gasteiger partial charge in [0.15, 0.2) is 0 Å². The van der Waals surface area contributed by atoms with Crippen LogP contribution in [0.4, 0.5) is 0 Å². The van der Waals surface area contributed by atoms with Gasteiger partial charge in [-0.05, 0) is 29.9 Å². The van der Waals surface area contributed by atoms with Crippen LogP contribution < -0.4 is 10.1 Å². The number of hydrogen-bond donors (Lipinski definition) is 1. The van der Waals surface area contributed by atoms with Gasteiger partial charge in [-0.15, -0.1) is 0 Å². The van der Waals surface area contributed by atoms with Crippen molar-refractivity contribution < 1.29 is 14.3 Å². The Hall–Kier alpha value is -1.84. The van der Waals surface area contributed by atoms with E-state index in [2.05, 4.69) is 12.2 Å². The molecule has 0 spiro atoms. The topological polar surface area (TPSA) is 55.4 Å². The maximum absolute atomic E-state index is 12.2. The Bertz CT molecular complexity index is 541. The second kappa shape index (κ2) is 6.29. The third kappa shape index (κ3) is 3.26. The van der Waals surface area contributed by atoms with Crippen LogP contribution in [0.3, 0.4) is 0 Å². The second-order valence-corrected chi connectivity index (χ2v) is 6.07. The lowest BCUT2D eigenvalue weighted by Gasteiger charge is -2.40. The first-order valence-electron chi connectivity index (χ1n) is 7.45. The minimum Gasteiger partial charge on any atom is -0.496 e. The average Bonchev–Trinajstić information content (AvgIpc) is 2.43. The fourth-order valence-corrected chi connectivity index (χ4v) is 3.31. The van der Waals surface area contributed by atoms with Crippen LogP contribution >= 0.6 is 0 Å². The van der Waals surface area contributed by atoms with Crippen LogP contribution in [0, 0.1) is 11.3 Å². The first-order valence-corrected chi connectivity index (χ1v) is 7.45. The number of rotatable bonds is 5. The van der Waals surface area contributed by atoms with Crippen LogP contribution in [0.15, 0.2) is 24.3 Å². The number of carbonyl (C=O) groups is 2. The summed E-state index contributed by atoms with van der Waals surface area (Å²) in [6.07, 6.45) is 2.76. The summed E-state index contributed by atoms with van der Waals surface area (Å²) in [5.74, 6) is 0.368. The van der Waals surface area contributed by atoms with Crippen molar-refractivity contribution >= 4 is 11.8 Å². The van der Waals surface area contributed by atoms with Gasteiger partial charge in [-0.25, -0.2) is 0 Å². The van der Waals surface area contributed by atoms with Crippen LogP contribution in [0.25, 0.3) is 0 Å². The highest BCUT2D eigenvalue weighted by molar-refractivity contribution is 5.99. The molecular formula is C17H23NO3. The lowest BCUT2D eigenvalue weighted by molar-refractivity contribution is -0.143. The van der Waals surface area contributed by atoms with Crippen LogP contribution in [0.1, 0.15) is 38.7 Å². The normalized spacial score (nSPS) is 25.6. The Kier molecular flexibility index (Phi) is 4.66. The van der Waals surface area contributed by atoms with Crippen molar-refractivity contribution in [3.8, 4) is 5.75 Å². The highest BCUT2D eigenvalue weighted by Gasteiger charge is 2.44. The van der Waals surface area contributed by atoms with E-state index in [-0.39, 0.29) is 23.1 Å². The molecule has 0 radical (unpaired) electrons. The van der Waals surface area contributed by atoms with E-state index in [0.717, 1.165) is 24.2 Å². The molecule has 1 N–H and O–H groups in total. The summed E-state index contributed by atoms with van der Waals surface area (Å²) in [6.45, 7) is 4.10. The molecule has 1 saturated heterocycles. The van der Waals surface area contributed by atoms with Crippen molar-refractivity contribution in [3.05, 3.63) is 29.8 Å². The molecule has 1 heterocycles. The predicted octanol–water partition coefficient (Wildman–Crippen LogP) is 2.71. The zero-order valence-corrected chi connectivity index (χ0v) is 12.9. The number of methoxy groups -OCH3 is 1. The van der Waals surface area contributed by atoms with Gasteiger partial charge in [-0.1, -0.05) is 38.5 Å². The third-order valence-electron chi connectivity index (χ3n) is 4.35. The molecule has 1 aromatic carbocycles. The number of nitrogens with one attached hydrogen (secondary N) is 1. The molecule has 21 heavy (non-hydrogen) atoms. The van der Waals surface area contributed by atoms with Gasteiger partial charge in [-0.3, -0.25) is 14.9 Å². The zero-order valence-electron chi connectivity index (χ0n) is 12.9. The van der Waals surface area contributed by atoms with Crippen molar-refractivity contribution in [3.63, 3.8) is 0 Å². The molecule has 0 bridgehead atoms. The van der Waals surface area contributed by atoms with Gasteiger partial charge in [0.1, 0.15) is 5.75 Å². The van der Waals surface area contributed by atoms with Crippen LogP contribution in [0.5, 0.6) is 5.75 Å². The summed E-state index contributed by atoms with van der Waals surface area (Å²) in [7, 11) is 1.64. The number of para-hydroxylation sites is 1. The first-order chi connectivity index (χ1) is 10.00. The molecule has 0 saturated carbocycles. The van der Waals surface area contributed by atoms with Crippen molar-refractivity contribution in [2.24, 2.45) is 11.3 Å². The molecule has 0 aromatic heterocycles. The summed E-state index contributed by atoms with van der Waals surface area (Å²) in [6, 6.07) is 7.80. The Morgan fingerprint density at radius 2 is 2.05 bits per heavy atom. The van der Waals surface area contributed by atoms with Crippen LogP contribution in [0.2, 0.25) is 0 Å².